The highest BCUT2D eigenvalue weighted by atomic mass is 16.5. The number of likely N-dealkylation sites (tertiary alicyclic amines) is 1. The zero-order valence-electron chi connectivity index (χ0n) is 21.2. The van der Waals surface area contributed by atoms with Gasteiger partial charge in [-0.2, -0.15) is 0 Å². The fourth-order valence-electron chi connectivity index (χ4n) is 3.93. The second-order valence-corrected chi connectivity index (χ2v) is 9.27. The van der Waals surface area contributed by atoms with Gasteiger partial charge in [0.1, 0.15) is 17.2 Å². The van der Waals surface area contributed by atoms with Crippen molar-refractivity contribution in [3.05, 3.63) is 59.2 Å². The minimum Gasteiger partial charge on any atom is -0.872 e. The van der Waals surface area contributed by atoms with Crippen LogP contribution in [-0.2, 0) is 9.59 Å². The van der Waals surface area contributed by atoms with Gasteiger partial charge in [-0.05, 0) is 35.7 Å². The zero-order valence-corrected chi connectivity index (χ0v) is 21.2. The van der Waals surface area contributed by atoms with E-state index in [1.807, 2.05) is 27.9 Å². The number of likely N-dealkylation sites (N-methyl/N-ethyl adjacent to an activating group) is 1. The van der Waals surface area contributed by atoms with Gasteiger partial charge in [-0.1, -0.05) is 31.7 Å². The predicted molar refractivity (Wildman–Crippen MR) is 130 cm³/mol. The third-order valence-electron chi connectivity index (χ3n) is 5.82. The number of nitrogens with zero attached hydrogens (tertiary/aromatic N) is 1. The van der Waals surface area contributed by atoms with Crippen LogP contribution in [0, 0.1) is 5.92 Å². The lowest BCUT2D eigenvalue weighted by molar-refractivity contribution is -0.857. The van der Waals surface area contributed by atoms with Crippen molar-refractivity contribution >= 4 is 17.4 Å². The van der Waals surface area contributed by atoms with Crippen LogP contribution in [0.15, 0.2) is 48.0 Å². The smallest absolute Gasteiger partial charge is 0.295 e. The number of hydrogen-bond acceptors (Lipinski definition) is 6. The first-order valence-electron chi connectivity index (χ1n) is 11.7. The lowest BCUT2D eigenvalue weighted by atomic mass is 9.94. The summed E-state index contributed by atoms with van der Waals surface area (Å²) >= 11 is 0. The average molecular weight is 483 g/mol. The predicted octanol–water partition coefficient (Wildman–Crippen LogP) is 1.11. The van der Waals surface area contributed by atoms with E-state index in [9.17, 15) is 14.7 Å². The highest BCUT2D eigenvalue weighted by molar-refractivity contribution is 6.46. The topological polar surface area (TPSA) is 92.6 Å². The Balaban J connectivity index is 2.10. The van der Waals surface area contributed by atoms with Crippen molar-refractivity contribution in [1.82, 2.24) is 4.90 Å². The molecule has 0 saturated carbocycles. The van der Waals surface area contributed by atoms with E-state index in [-0.39, 0.29) is 5.57 Å². The number of methoxy groups -OCH3 is 2. The van der Waals surface area contributed by atoms with Crippen LogP contribution in [0.1, 0.15) is 31.0 Å². The molecule has 8 heteroatoms. The van der Waals surface area contributed by atoms with E-state index >= 15 is 0 Å². The molecule has 1 aliphatic heterocycles. The van der Waals surface area contributed by atoms with Crippen LogP contribution in [0.4, 0.5) is 0 Å². The van der Waals surface area contributed by atoms with Crippen LogP contribution in [0.5, 0.6) is 17.2 Å². The summed E-state index contributed by atoms with van der Waals surface area (Å²) in [6.45, 7) is 5.57. The van der Waals surface area contributed by atoms with E-state index in [2.05, 4.69) is 0 Å². The molecule has 1 fully saturated rings. The van der Waals surface area contributed by atoms with Crippen LogP contribution in [0.2, 0.25) is 0 Å². The van der Waals surface area contributed by atoms with E-state index in [4.69, 9.17) is 14.2 Å². The van der Waals surface area contributed by atoms with E-state index in [1.54, 1.807) is 49.6 Å². The molecule has 0 bridgehead atoms. The first kappa shape index (κ1) is 26.1. The highest BCUT2D eigenvalue weighted by Crippen LogP contribution is 2.43. The van der Waals surface area contributed by atoms with Crippen LogP contribution in [0.3, 0.4) is 0 Å². The SMILES string of the molecule is COc1ccc(C2/C(=C(\[O-])c3ccc(OCC(C)C)cc3)C(=O)C(=O)N2CC[NH+](C)C)c(OC)c1. The highest BCUT2D eigenvalue weighted by Gasteiger charge is 2.45. The third-order valence-corrected chi connectivity index (χ3v) is 5.82. The van der Waals surface area contributed by atoms with Crippen LogP contribution >= 0.6 is 0 Å². The van der Waals surface area contributed by atoms with E-state index in [0.717, 1.165) is 4.90 Å². The average Bonchev–Trinajstić information content (AvgIpc) is 3.10. The lowest BCUT2D eigenvalue weighted by Gasteiger charge is -2.29. The van der Waals surface area contributed by atoms with Gasteiger partial charge in [-0.15, -0.1) is 0 Å². The summed E-state index contributed by atoms with van der Waals surface area (Å²) in [6.07, 6.45) is 0. The molecule has 0 aliphatic carbocycles. The number of nitrogens with one attached hydrogen (secondary N) is 1. The first-order valence-corrected chi connectivity index (χ1v) is 11.7. The zero-order chi connectivity index (χ0) is 25.7. The summed E-state index contributed by atoms with van der Waals surface area (Å²) in [4.78, 5) is 28.8. The fourth-order valence-corrected chi connectivity index (χ4v) is 3.93. The van der Waals surface area contributed by atoms with Gasteiger partial charge in [0, 0.05) is 17.2 Å². The first-order chi connectivity index (χ1) is 16.7. The van der Waals surface area contributed by atoms with Gasteiger partial charge >= 0.3 is 0 Å². The molecule has 3 rings (SSSR count). The molecule has 35 heavy (non-hydrogen) atoms. The number of Topliss-reactive ketones (excluding diaryl/α,β-unsaturated/α-hetero) is 1. The van der Waals surface area contributed by atoms with Gasteiger partial charge in [0.2, 0.25) is 5.78 Å². The quantitative estimate of drug-likeness (QED) is 0.310. The molecule has 1 unspecified atom stereocenters. The Labute approximate surface area is 206 Å². The maximum absolute atomic E-state index is 13.6. The molecule has 0 spiro atoms. The summed E-state index contributed by atoms with van der Waals surface area (Å²) < 4.78 is 16.6. The molecule has 1 heterocycles. The van der Waals surface area contributed by atoms with E-state index in [1.165, 1.54) is 12.0 Å². The summed E-state index contributed by atoms with van der Waals surface area (Å²) in [6, 6.07) is 10.9. The number of hydrogen-bond donors (Lipinski definition) is 1. The number of ether oxygens (including phenoxy) is 3. The van der Waals surface area contributed by atoms with E-state index in [0.29, 0.717) is 54.0 Å². The van der Waals surface area contributed by atoms with Crippen LogP contribution in [0.25, 0.3) is 5.76 Å². The summed E-state index contributed by atoms with van der Waals surface area (Å²) in [5.74, 6) is 0.0434. The van der Waals surface area contributed by atoms with Crippen molar-refractivity contribution in [2.24, 2.45) is 5.92 Å². The van der Waals surface area contributed by atoms with Crippen LogP contribution < -0.4 is 24.2 Å². The fraction of sp³-hybridized carbons (Fsp3) is 0.407. The standard InChI is InChI=1S/C27H34N2O6/c1-17(2)16-35-19-9-7-18(8-10-19)25(30)23-24(21-12-11-20(33-5)15-22(21)34-6)29(14-13-28(3)4)27(32)26(23)31/h7-12,15,17,24,30H,13-14,16H2,1-6H3/b25-23+. The molecule has 188 valence electrons. The Bertz CT molecular complexity index is 1090. The van der Waals surface area contributed by atoms with Gasteiger partial charge in [-0.25, -0.2) is 0 Å². The molecule has 1 aliphatic rings. The van der Waals surface area contributed by atoms with Crippen LogP contribution in [-0.4, -0.2) is 64.6 Å². The Hall–Kier alpha value is -3.52. The molecule has 0 aromatic heterocycles. The van der Waals surface area contributed by atoms with Gasteiger partial charge in [0.25, 0.3) is 5.91 Å². The lowest BCUT2D eigenvalue weighted by Crippen LogP contribution is -3.06. The van der Waals surface area contributed by atoms with Gasteiger partial charge in [-0.3, -0.25) is 9.59 Å². The van der Waals surface area contributed by atoms with Gasteiger partial charge < -0.3 is 29.1 Å². The number of quaternary nitrogens is 1. The van der Waals surface area contributed by atoms with E-state index < -0.39 is 23.5 Å². The molecular weight excluding hydrogens is 448 g/mol. The Kier molecular flexibility index (Phi) is 8.40. The largest absolute Gasteiger partial charge is 0.872 e. The second kappa shape index (κ2) is 11.3. The maximum atomic E-state index is 13.6. The molecule has 1 N–H and O–H groups in total. The van der Waals surface area contributed by atoms with Crippen molar-refractivity contribution in [2.45, 2.75) is 19.9 Å². The summed E-state index contributed by atoms with van der Waals surface area (Å²) in [5.41, 5.74) is 0.792. The van der Waals surface area contributed by atoms with Gasteiger partial charge in [0.15, 0.2) is 0 Å². The molecule has 1 saturated heterocycles. The normalized spacial score (nSPS) is 17.4. The maximum Gasteiger partial charge on any atom is 0.295 e. The minimum absolute atomic E-state index is 0.0805. The molecule has 2 aromatic rings. The Morgan fingerprint density at radius 3 is 2.26 bits per heavy atom. The summed E-state index contributed by atoms with van der Waals surface area (Å²) in [5, 5.41) is 13.6. The molecule has 8 nitrogen and oxygen atoms in total. The van der Waals surface area contributed by atoms with Crippen molar-refractivity contribution in [2.75, 3.05) is 48.0 Å². The van der Waals surface area contributed by atoms with Gasteiger partial charge in [0.05, 0.1) is 54.1 Å². The van der Waals surface area contributed by atoms with Crippen molar-refractivity contribution in [3.63, 3.8) is 0 Å². The molecule has 1 atom stereocenters. The number of benzene rings is 2. The number of amides is 1. The van der Waals surface area contributed by atoms with Crippen molar-refractivity contribution < 1.29 is 33.8 Å². The minimum atomic E-state index is -0.862. The monoisotopic (exact) mass is 482 g/mol. The number of ketones is 1. The Morgan fingerprint density at radius 2 is 1.69 bits per heavy atom. The van der Waals surface area contributed by atoms with Crippen molar-refractivity contribution in [1.29, 1.82) is 0 Å². The molecule has 1 amide bonds. The molecule has 2 aromatic carbocycles. The third kappa shape index (κ3) is 5.77. The number of rotatable bonds is 10. The number of carbonyl (C=O) groups excluding carboxylic acids is 2. The number of carbonyl (C=O) groups is 2. The molecule has 0 radical (unpaired) electrons. The second-order valence-electron chi connectivity index (χ2n) is 9.27. The van der Waals surface area contributed by atoms with Crippen molar-refractivity contribution in [3.8, 4) is 17.2 Å². The molecular formula is C27H34N2O6. The Morgan fingerprint density at radius 1 is 1.03 bits per heavy atom. The summed E-state index contributed by atoms with van der Waals surface area (Å²) in [7, 11) is 6.97.